The van der Waals surface area contributed by atoms with Crippen LogP contribution >= 0.6 is 0 Å². The first-order chi connectivity index (χ1) is 11.3. The first kappa shape index (κ1) is 18.6. The van der Waals surface area contributed by atoms with Gasteiger partial charge in [0.25, 0.3) is 0 Å². The van der Waals surface area contributed by atoms with Crippen LogP contribution in [0.5, 0.6) is 5.75 Å². The number of aromatic carboxylic acids is 1. The molecule has 0 aliphatic carbocycles. The molecule has 0 radical (unpaired) electrons. The molecular formula is C15H20O9. The highest BCUT2D eigenvalue weighted by atomic mass is 16.7. The molecule has 0 unspecified atom stereocenters. The molecule has 2 rings (SSSR count). The van der Waals surface area contributed by atoms with Crippen molar-refractivity contribution < 1.29 is 44.9 Å². The molecule has 134 valence electrons. The lowest BCUT2D eigenvalue weighted by Crippen LogP contribution is -2.60. The van der Waals surface area contributed by atoms with Gasteiger partial charge in [-0.1, -0.05) is 0 Å². The predicted molar refractivity (Wildman–Crippen MR) is 78.5 cm³/mol. The molecule has 9 nitrogen and oxygen atoms in total. The largest absolute Gasteiger partial charge is 0.478 e. The summed E-state index contributed by atoms with van der Waals surface area (Å²) >= 11 is 0. The fourth-order valence-corrected chi connectivity index (χ4v) is 2.54. The van der Waals surface area contributed by atoms with Gasteiger partial charge >= 0.3 is 5.97 Å². The Morgan fingerprint density at radius 3 is 2.38 bits per heavy atom. The third-order valence-corrected chi connectivity index (χ3v) is 3.85. The number of ether oxygens (including phenoxy) is 2. The summed E-state index contributed by atoms with van der Waals surface area (Å²) in [5.41, 5.74) is 0.484. The van der Waals surface area contributed by atoms with Gasteiger partial charge in [-0.15, -0.1) is 0 Å². The van der Waals surface area contributed by atoms with Crippen LogP contribution < -0.4 is 4.74 Å². The molecule has 1 aromatic carbocycles. The molecule has 0 amide bonds. The van der Waals surface area contributed by atoms with E-state index in [1.54, 1.807) is 6.92 Å². The Kier molecular flexibility index (Phi) is 5.75. The van der Waals surface area contributed by atoms with Crippen LogP contribution in [0.2, 0.25) is 0 Å². The number of hydrogen-bond acceptors (Lipinski definition) is 8. The molecule has 24 heavy (non-hydrogen) atoms. The van der Waals surface area contributed by atoms with Gasteiger partial charge in [0.05, 0.1) is 18.8 Å². The van der Waals surface area contributed by atoms with Crippen molar-refractivity contribution in [2.45, 2.75) is 44.2 Å². The van der Waals surface area contributed by atoms with Gasteiger partial charge < -0.3 is 40.1 Å². The van der Waals surface area contributed by atoms with Crippen LogP contribution in [-0.4, -0.2) is 73.9 Å². The number of carbonyl (C=O) groups is 1. The quantitative estimate of drug-likeness (QED) is 0.369. The van der Waals surface area contributed by atoms with Crippen molar-refractivity contribution in [3.05, 3.63) is 28.8 Å². The molecule has 1 aliphatic heterocycles. The average Bonchev–Trinajstić information content (AvgIpc) is 2.56. The average molecular weight is 344 g/mol. The second-order valence-electron chi connectivity index (χ2n) is 5.56. The lowest BCUT2D eigenvalue weighted by molar-refractivity contribution is -0.277. The standard InChI is InChI=1S/C15H20O9/c1-6-2-7(14(21)22)3-8(4-16)13(6)24-15-12(20)11(19)10(18)9(5-17)23-15/h2-3,9-12,15-20H,4-5H2,1H3,(H,21,22)/t9-,10-,11+,12-,15+/m1/s1. The maximum absolute atomic E-state index is 11.1. The van der Waals surface area contributed by atoms with Crippen LogP contribution in [0, 0.1) is 6.92 Å². The third kappa shape index (κ3) is 3.51. The van der Waals surface area contributed by atoms with E-state index in [9.17, 15) is 25.2 Å². The van der Waals surface area contributed by atoms with E-state index in [0.717, 1.165) is 0 Å². The van der Waals surface area contributed by atoms with Crippen molar-refractivity contribution in [1.82, 2.24) is 0 Å². The fraction of sp³-hybridized carbons (Fsp3) is 0.533. The van der Waals surface area contributed by atoms with Gasteiger partial charge in [-0.3, -0.25) is 0 Å². The highest BCUT2D eigenvalue weighted by Gasteiger charge is 2.45. The van der Waals surface area contributed by atoms with E-state index < -0.39 is 49.9 Å². The van der Waals surface area contributed by atoms with Gasteiger partial charge in [-0.25, -0.2) is 4.79 Å². The summed E-state index contributed by atoms with van der Waals surface area (Å²) in [5, 5.41) is 57.1. The molecule has 9 heteroatoms. The van der Waals surface area contributed by atoms with E-state index in [1.165, 1.54) is 12.1 Å². The molecule has 5 atom stereocenters. The van der Waals surface area contributed by atoms with E-state index in [2.05, 4.69) is 0 Å². The Morgan fingerprint density at radius 1 is 1.17 bits per heavy atom. The smallest absolute Gasteiger partial charge is 0.335 e. The van der Waals surface area contributed by atoms with Gasteiger partial charge in [0.15, 0.2) is 0 Å². The van der Waals surface area contributed by atoms with Gasteiger partial charge in [-0.05, 0) is 24.6 Å². The fourth-order valence-electron chi connectivity index (χ4n) is 2.54. The molecule has 1 aliphatic rings. The van der Waals surface area contributed by atoms with Crippen molar-refractivity contribution in [3.8, 4) is 5.75 Å². The maximum atomic E-state index is 11.1. The van der Waals surface area contributed by atoms with Crippen LogP contribution in [0.15, 0.2) is 12.1 Å². The summed E-state index contributed by atoms with van der Waals surface area (Å²) in [6.07, 6.45) is -7.27. The van der Waals surface area contributed by atoms with Crippen LogP contribution in [-0.2, 0) is 11.3 Å². The molecule has 1 fully saturated rings. The number of aliphatic hydroxyl groups excluding tert-OH is 5. The summed E-state index contributed by atoms with van der Waals surface area (Å²) < 4.78 is 10.7. The lowest BCUT2D eigenvalue weighted by atomic mass is 9.99. The Hall–Kier alpha value is -1.75. The second-order valence-corrected chi connectivity index (χ2v) is 5.56. The monoisotopic (exact) mass is 344 g/mol. The number of carboxylic acid groups (broad SMARTS) is 1. The van der Waals surface area contributed by atoms with Crippen molar-refractivity contribution in [3.63, 3.8) is 0 Å². The van der Waals surface area contributed by atoms with Crippen LogP contribution in [0.1, 0.15) is 21.5 Å². The lowest BCUT2D eigenvalue weighted by Gasteiger charge is -2.40. The van der Waals surface area contributed by atoms with Crippen molar-refractivity contribution >= 4 is 5.97 Å². The van der Waals surface area contributed by atoms with Crippen LogP contribution in [0.3, 0.4) is 0 Å². The summed E-state index contributed by atoms with van der Waals surface area (Å²) in [6.45, 7) is 0.425. The molecule has 6 N–H and O–H groups in total. The van der Waals surface area contributed by atoms with Crippen molar-refractivity contribution in [2.24, 2.45) is 0 Å². The molecule has 1 saturated heterocycles. The van der Waals surface area contributed by atoms with E-state index in [0.29, 0.717) is 5.56 Å². The highest BCUT2D eigenvalue weighted by molar-refractivity contribution is 5.88. The first-order valence-electron chi connectivity index (χ1n) is 7.25. The summed E-state index contributed by atoms with van der Waals surface area (Å²) in [4.78, 5) is 11.1. The number of hydrogen-bond donors (Lipinski definition) is 6. The van der Waals surface area contributed by atoms with Gasteiger partial charge in [0, 0.05) is 5.56 Å². The number of rotatable bonds is 5. The minimum Gasteiger partial charge on any atom is -0.478 e. The van der Waals surface area contributed by atoms with Gasteiger partial charge in [0.2, 0.25) is 6.29 Å². The molecule has 0 spiro atoms. The predicted octanol–water partition coefficient (Wildman–Crippen LogP) is -1.64. The van der Waals surface area contributed by atoms with E-state index in [4.69, 9.17) is 19.7 Å². The number of aryl methyl sites for hydroxylation is 1. The molecule has 0 bridgehead atoms. The summed E-state index contributed by atoms with van der Waals surface area (Å²) in [7, 11) is 0. The summed E-state index contributed by atoms with van der Waals surface area (Å²) in [5.74, 6) is -1.08. The van der Waals surface area contributed by atoms with Crippen LogP contribution in [0.25, 0.3) is 0 Å². The Morgan fingerprint density at radius 2 is 1.83 bits per heavy atom. The molecular weight excluding hydrogens is 324 g/mol. The SMILES string of the molecule is Cc1cc(C(=O)O)cc(CO)c1O[C@@H]1O[C@H](CO)[C@@H](O)[C@H](O)[C@H]1O. The first-order valence-corrected chi connectivity index (χ1v) is 7.25. The number of carboxylic acids is 1. The zero-order chi connectivity index (χ0) is 18.0. The third-order valence-electron chi connectivity index (χ3n) is 3.85. The normalized spacial score (nSPS) is 30.2. The Labute approximate surface area is 137 Å². The second kappa shape index (κ2) is 7.43. The molecule has 1 heterocycles. The minimum atomic E-state index is -1.60. The van der Waals surface area contributed by atoms with E-state index in [-0.39, 0.29) is 16.9 Å². The topological polar surface area (TPSA) is 157 Å². The number of aliphatic hydroxyl groups is 5. The zero-order valence-corrected chi connectivity index (χ0v) is 12.9. The zero-order valence-electron chi connectivity index (χ0n) is 12.9. The van der Waals surface area contributed by atoms with Crippen molar-refractivity contribution in [1.29, 1.82) is 0 Å². The highest BCUT2D eigenvalue weighted by Crippen LogP contribution is 2.30. The van der Waals surface area contributed by atoms with Crippen molar-refractivity contribution in [2.75, 3.05) is 6.61 Å². The Balaban J connectivity index is 2.31. The van der Waals surface area contributed by atoms with E-state index >= 15 is 0 Å². The minimum absolute atomic E-state index is 0.0438. The van der Waals surface area contributed by atoms with E-state index in [1.807, 2.05) is 0 Å². The summed E-state index contributed by atoms with van der Waals surface area (Å²) in [6, 6.07) is 2.54. The maximum Gasteiger partial charge on any atom is 0.335 e. The van der Waals surface area contributed by atoms with Gasteiger partial charge in [0.1, 0.15) is 30.2 Å². The Bertz CT molecular complexity index is 601. The van der Waals surface area contributed by atoms with Gasteiger partial charge in [-0.2, -0.15) is 0 Å². The van der Waals surface area contributed by atoms with Crippen LogP contribution in [0.4, 0.5) is 0 Å². The molecule has 0 saturated carbocycles. The molecule has 1 aromatic rings. The number of benzene rings is 1. The molecule has 0 aromatic heterocycles.